The van der Waals surface area contributed by atoms with Gasteiger partial charge in [-0.2, -0.15) is 0 Å². The van der Waals surface area contributed by atoms with Crippen LogP contribution in [0.3, 0.4) is 0 Å². The monoisotopic (exact) mass is 350 g/mol. The number of primary amides is 1. The van der Waals surface area contributed by atoms with Crippen molar-refractivity contribution in [3.8, 4) is 11.3 Å². The maximum absolute atomic E-state index is 11.8. The van der Waals surface area contributed by atoms with Crippen LogP contribution >= 0.6 is 0 Å². The van der Waals surface area contributed by atoms with Gasteiger partial charge < -0.3 is 15.5 Å². The first-order chi connectivity index (χ1) is 12.4. The molecule has 1 amide bonds. The normalized spacial score (nSPS) is 10.6. The van der Waals surface area contributed by atoms with Gasteiger partial charge in [0, 0.05) is 11.6 Å². The number of nitrogens with one attached hydrogen (secondary N) is 1. The summed E-state index contributed by atoms with van der Waals surface area (Å²) in [6, 6.07) is 11.4. The van der Waals surface area contributed by atoms with Gasteiger partial charge in [0.25, 0.3) is 5.91 Å². The molecular weight excluding hydrogens is 332 g/mol. The van der Waals surface area contributed by atoms with Crippen LogP contribution in [0.2, 0.25) is 0 Å². The third kappa shape index (κ3) is 3.32. The van der Waals surface area contributed by atoms with Crippen molar-refractivity contribution in [1.82, 2.24) is 9.97 Å². The highest BCUT2D eigenvalue weighted by molar-refractivity contribution is 6.10. The van der Waals surface area contributed by atoms with E-state index in [0.29, 0.717) is 17.4 Å². The van der Waals surface area contributed by atoms with E-state index < -0.39 is 5.91 Å². The Hall–Kier alpha value is -3.48. The molecule has 7 heteroatoms. The van der Waals surface area contributed by atoms with Gasteiger partial charge in [-0.05, 0) is 20.8 Å². The Balaban J connectivity index is 2.05. The first-order valence-corrected chi connectivity index (χ1v) is 7.99. The maximum atomic E-state index is 11.8. The third-order valence-electron chi connectivity index (χ3n) is 3.83. The van der Waals surface area contributed by atoms with Crippen LogP contribution in [0.1, 0.15) is 39.2 Å². The first-order valence-electron chi connectivity index (χ1n) is 7.99. The average molecular weight is 350 g/mol. The fourth-order valence-electron chi connectivity index (χ4n) is 2.80. The number of anilines is 2. The summed E-state index contributed by atoms with van der Waals surface area (Å²) >= 11 is 0. The Morgan fingerprint density at radius 2 is 1.77 bits per heavy atom. The minimum absolute atomic E-state index is 0.0209. The molecule has 0 unspecified atom stereocenters. The molecule has 0 atom stereocenters. The van der Waals surface area contributed by atoms with E-state index in [4.69, 9.17) is 10.2 Å². The second kappa shape index (κ2) is 6.79. The predicted molar refractivity (Wildman–Crippen MR) is 97.5 cm³/mol. The molecule has 0 spiro atoms. The molecule has 0 fully saturated rings. The predicted octanol–water partition coefficient (Wildman–Crippen LogP) is 3.40. The molecule has 3 rings (SSSR count). The molecular formula is C19H18N4O3. The van der Waals surface area contributed by atoms with Gasteiger partial charge in [0.1, 0.15) is 23.0 Å². The number of aryl methyl sites for hydroxylation is 2. The van der Waals surface area contributed by atoms with Crippen LogP contribution < -0.4 is 11.1 Å². The summed E-state index contributed by atoms with van der Waals surface area (Å²) in [6.45, 7) is 4.73. The summed E-state index contributed by atoms with van der Waals surface area (Å²) < 4.78 is 5.56. The van der Waals surface area contributed by atoms with Gasteiger partial charge in [0.15, 0.2) is 5.78 Å². The van der Waals surface area contributed by atoms with Gasteiger partial charge in [0.2, 0.25) is 5.88 Å². The summed E-state index contributed by atoms with van der Waals surface area (Å²) in [4.78, 5) is 32.4. The van der Waals surface area contributed by atoms with Crippen LogP contribution in [0.25, 0.3) is 11.3 Å². The van der Waals surface area contributed by atoms with Gasteiger partial charge in [-0.3, -0.25) is 9.59 Å². The molecule has 0 saturated heterocycles. The minimum Gasteiger partial charge on any atom is -0.444 e. The van der Waals surface area contributed by atoms with Crippen LogP contribution in [0.15, 0.2) is 40.8 Å². The lowest BCUT2D eigenvalue weighted by atomic mass is 10.1. The average Bonchev–Trinajstić information content (AvgIpc) is 2.91. The maximum Gasteiger partial charge on any atom is 0.255 e. The lowest BCUT2D eigenvalue weighted by Gasteiger charge is -2.08. The van der Waals surface area contributed by atoms with E-state index in [1.807, 2.05) is 30.3 Å². The van der Waals surface area contributed by atoms with Crippen LogP contribution in [0.4, 0.5) is 11.7 Å². The molecule has 2 heterocycles. The van der Waals surface area contributed by atoms with Crippen molar-refractivity contribution in [3.05, 3.63) is 59.1 Å². The molecule has 3 aromatic rings. The van der Waals surface area contributed by atoms with Crippen molar-refractivity contribution in [1.29, 1.82) is 0 Å². The number of benzene rings is 1. The molecule has 2 aromatic heterocycles. The van der Waals surface area contributed by atoms with Crippen molar-refractivity contribution in [2.24, 2.45) is 5.73 Å². The van der Waals surface area contributed by atoms with Crippen molar-refractivity contribution in [2.45, 2.75) is 20.8 Å². The van der Waals surface area contributed by atoms with Gasteiger partial charge in [-0.1, -0.05) is 30.3 Å². The van der Waals surface area contributed by atoms with Crippen LogP contribution in [-0.4, -0.2) is 21.7 Å². The second-order valence-corrected chi connectivity index (χ2v) is 5.83. The van der Waals surface area contributed by atoms with Crippen LogP contribution in [-0.2, 0) is 0 Å². The van der Waals surface area contributed by atoms with Crippen molar-refractivity contribution in [3.63, 3.8) is 0 Å². The molecule has 132 valence electrons. The topological polar surface area (TPSA) is 111 Å². The molecule has 26 heavy (non-hydrogen) atoms. The molecule has 0 aliphatic carbocycles. The van der Waals surface area contributed by atoms with Gasteiger partial charge in [-0.25, -0.2) is 9.97 Å². The number of nitrogens with zero attached hydrogens (tertiary/aromatic N) is 2. The van der Waals surface area contributed by atoms with Crippen LogP contribution in [0, 0.1) is 13.8 Å². The fraction of sp³-hybridized carbons (Fsp3) is 0.158. The molecule has 0 bridgehead atoms. The zero-order chi connectivity index (χ0) is 18.8. The van der Waals surface area contributed by atoms with Crippen molar-refractivity contribution < 1.29 is 14.0 Å². The van der Waals surface area contributed by atoms with Crippen molar-refractivity contribution in [2.75, 3.05) is 5.32 Å². The van der Waals surface area contributed by atoms with E-state index >= 15 is 0 Å². The molecule has 0 aliphatic rings. The highest BCUT2D eigenvalue weighted by Gasteiger charge is 2.25. The van der Waals surface area contributed by atoms with Crippen LogP contribution in [0.5, 0.6) is 0 Å². The second-order valence-electron chi connectivity index (χ2n) is 5.83. The Labute approximate surface area is 150 Å². The fourth-order valence-corrected chi connectivity index (χ4v) is 2.80. The lowest BCUT2D eigenvalue weighted by molar-refractivity contribution is 0.0974. The van der Waals surface area contributed by atoms with E-state index in [1.165, 1.54) is 6.92 Å². The van der Waals surface area contributed by atoms with E-state index in [9.17, 15) is 9.59 Å². The Bertz CT molecular complexity index is 994. The minimum atomic E-state index is -0.747. The summed E-state index contributed by atoms with van der Waals surface area (Å²) in [6.07, 6.45) is 0. The van der Waals surface area contributed by atoms with E-state index in [0.717, 1.165) is 11.3 Å². The molecule has 7 nitrogen and oxygen atoms in total. The third-order valence-corrected chi connectivity index (χ3v) is 3.83. The summed E-state index contributed by atoms with van der Waals surface area (Å²) in [5, 5.41) is 2.95. The summed E-state index contributed by atoms with van der Waals surface area (Å²) in [7, 11) is 0. The van der Waals surface area contributed by atoms with E-state index in [-0.39, 0.29) is 22.8 Å². The largest absolute Gasteiger partial charge is 0.444 e. The quantitative estimate of drug-likeness (QED) is 0.682. The van der Waals surface area contributed by atoms with Gasteiger partial charge >= 0.3 is 0 Å². The highest BCUT2D eigenvalue weighted by Crippen LogP contribution is 2.30. The Morgan fingerprint density at radius 3 is 2.38 bits per heavy atom. The number of ketones is 1. The number of furan rings is 1. The zero-order valence-electron chi connectivity index (χ0n) is 14.7. The summed E-state index contributed by atoms with van der Waals surface area (Å²) in [5.41, 5.74) is 7.29. The number of carbonyl (C=O) groups excluding carboxylic acids is 2. The molecule has 0 aliphatic heterocycles. The number of aromatic nitrogens is 2. The van der Waals surface area contributed by atoms with Crippen molar-refractivity contribution >= 4 is 23.4 Å². The number of nitrogens with two attached hydrogens (primary N) is 1. The number of hydrogen-bond acceptors (Lipinski definition) is 6. The molecule has 0 radical (unpaired) electrons. The number of rotatable bonds is 5. The van der Waals surface area contributed by atoms with E-state index in [2.05, 4.69) is 15.3 Å². The van der Waals surface area contributed by atoms with E-state index in [1.54, 1.807) is 19.9 Å². The number of amides is 1. The zero-order valence-corrected chi connectivity index (χ0v) is 14.7. The lowest BCUT2D eigenvalue weighted by Crippen LogP contribution is -2.16. The standard InChI is InChI=1S/C19H18N4O3/c1-10(24)16-11(2)26-19(17(16)18(20)25)23-15-9-14(21-12(3)22-15)13-7-5-4-6-8-13/h4-9H,1-3H3,(H2,20,25)(H,21,22,23). The van der Waals surface area contributed by atoms with Gasteiger partial charge in [0.05, 0.1) is 11.3 Å². The molecule has 0 saturated carbocycles. The first kappa shape index (κ1) is 17.3. The number of Topliss-reactive ketones (excluding diaryl/α,β-unsaturated/α-hetero) is 1. The Morgan fingerprint density at radius 1 is 1.08 bits per heavy atom. The van der Waals surface area contributed by atoms with Gasteiger partial charge in [-0.15, -0.1) is 0 Å². The number of hydrogen-bond donors (Lipinski definition) is 2. The SMILES string of the molecule is CC(=O)c1c(C)oc(Nc2cc(-c3ccccc3)nc(C)n2)c1C(N)=O. The molecule has 3 N–H and O–H groups in total. The summed E-state index contributed by atoms with van der Waals surface area (Å²) in [5.74, 6) is 0.355. The smallest absolute Gasteiger partial charge is 0.255 e. The highest BCUT2D eigenvalue weighted by atomic mass is 16.4. The Kier molecular flexibility index (Phi) is 4.53. The molecule has 1 aromatic carbocycles. The number of carbonyl (C=O) groups is 2.